The molecule has 23 heavy (non-hydrogen) atoms. The van der Waals surface area contributed by atoms with Gasteiger partial charge in [-0.1, -0.05) is 36.4 Å². The molecule has 1 heterocycles. The highest BCUT2D eigenvalue weighted by molar-refractivity contribution is 6.00. The van der Waals surface area contributed by atoms with Crippen LogP contribution in [0.5, 0.6) is 5.75 Å². The van der Waals surface area contributed by atoms with Gasteiger partial charge in [-0.05, 0) is 49.4 Å². The first-order valence-electron chi connectivity index (χ1n) is 8.45. The largest absolute Gasteiger partial charge is 0.494 e. The predicted octanol–water partition coefficient (Wildman–Crippen LogP) is 3.61. The number of benzene rings is 2. The van der Waals surface area contributed by atoms with Crippen LogP contribution in [-0.4, -0.2) is 25.5 Å². The van der Waals surface area contributed by atoms with E-state index in [1.54, 1.807) is 0 Å². The predicted molar refractivity (Wildman–Crippen MR) is 95.5 cm³/mol. The summed E-state index contributed by atoms with van der Waals surface area (Å²) in [4.78, 5) is 4.64. The van der Waals surface area contributed by atoms with Gasteiger partial charge >= 0.3 is 0 Å². The van der Waals surface area contributed by atoms with Crippen LogP contribution in [-0.2, 0) is 12.8 Å². The molecule has 0 radical (unpaired) electrons. The first kappa shape index (κ1) is 15.6. The molecule has 0 aromatic heterocycles. The Morgan fingerprint density at radius 2 is 1.87 bits per heavy atom. The quantitative estimate of drug-likeness (QED) is 0.884. The smallest absolute Gasteiger partial charge is 0.128 e. The molecule has 1 aliphatic rings. The third-order valence-corrected chi connectivity index (χ3v) is 4.09. The summed E-state index contributed by atoms with van der Waals surface area (Å²) in [7, 11) is 0. The van der Waals surface area contributed by atoms with Gasteiger partial charge < -0.3 is 10.1 Å². The van der Waals surface area contributed by atoms with Crippen molar-refractivity contribution in [3.8, 4) is 5.75 Å². The van der Waals surface area contributed by atoms with Crippen LogP contribution in [0.25, 0.3) is 0 Å². The fraction of sp³-hybridized carbons (Fsp3) is 0.350. The van der Waals surface area contributed by atoms with E-state index in [2.05, 4.69) is 58.8 Å². The summed E-state index contributed by atoms with van der Waals surface area (Å²) in [5.74, 6) is 2.00. The van der Waals surface area contributed by atoms with E-state index >= 15 is 0 Å². The molecule has 0 saturated carbocycles. The number of hydrogen-bond donors (Lipinski definition) is 1. The highest BCUT2D eigenvalue weighted by Crippen LogP contribution is 2.17. The maximum atomic E-state index is 5.50. The minimum Gasteiger partial charge on any atom is -0.494 e. The summed E-state index contributed by atoms with van der Waals surface area (Å²) in [5, 5.41) is 3.43. The lowest BCUT2D eigenvalue weighted by molar-refractivity contribution is 0.340. The summed E-state index contributed by atoms with van der Waals surface area (Å²) in [6, 6.07) is 17.0. The van der Waals surface area contributed by atoms with Crippen LogP contribution in [0, 0.1) is 0 Å². The Morgan fingerprint density at radius 3 is 2.61 bits per heavy atom. The molecule has 0 bridgehead atoms. The lowest BCUT2D eigenvalue weighted by Gasteiger charge is -2.17. The minimum atomic E-state index is 0.710. The summed E-state index contributed by atoms with van der Waals surface area (Å²) in [5.41, 5.74) is 3.94. The second-order valence-electron chi connectivity index (χ2n) is 5.74. The lowest BCUT2D eigenvalue weighted by Crippen LogP contribution is -2.31. The summed E-state index contributed by atoms with van der Waals surface area (Å²) in [6.45, 7) is 4.66. The Morgan fingerprint density at radius 1 is 1.04 bits per heavy atom. The number of aryl methyl sites for hydroxylation is 2. The summed E-state index contributed by atoms with van der Waals surface area (Å²) >= 11 is 0. The number of rotatable bonds is 6. The number of nitrogens with one attached hydrogen (secondary N) is 1. The average Bonchev–Trinajstić information content (AvgIpc) is 2.62. The molecule has 0 aliphatic carbocycles. The summed E-state index contributed by atoms with van der Waals surface area (Å²) < 4.78 is 5.50. The molecule has 2 aromatic carbocycles. The second kappa shape index (κ2) is 7.82. The van der Waals surface area contributed by atoms with Gasteiger partial charge in [0, 0.05) is 18.7 Å². The Balaban J connectivity index is 1.69. The van der Waals surface area contributed by atoms with Gasteiger partial charge in [-0.3, -0.25) is 4.99 Å². The zero-order valence-electron chi connectivity index (χ0n) is 13.7. The van der Waals surface area contributed by atoms with Crippen LogP contribution in [0.1, 0.15) is 30.0 Å². The molecule has 1 aliphatic heterocycles. The van der Waals surface area contributed by atoms with E-state index in [1.807, 2.05) is 6.92 Å². The molecule has 0 spiro atoms. The molecule has 0 fully saturated rings. The Hall–Kier alpha value is -2.29. The van der Waals surface area contributed by atoms with Crippen LogP contribution in [0.15, 0.2) is 53.5 Å². The fourth-order valence-electron chi connectivity index (χ4n) is 2.88. The fourth-order valence-corrected chi connectivity index (χ4v) is 2.88. The zero-order chi connectivity index (χ0) is 15.9. The molecule has 0 saturated heterocycles. The number of nitrogens with zero attached hydrogens (tertiary/aromatic N) is 1. The van der Waals surface area contributed by atoms with Gasteiger partial charge in [0.2, 0.25) is 0 Å². The van der Waals surface area contributed by atoms with Crippen molar-refractivity contribution in [3.05, 3.63) is 65.2 Å². The van der Waals surface area contributed by atoms with E-state index in [-0.39, 0.29) is 0 Å². The van der Waals surface area contributed by atoms with Gasteiger partial charge in [-0.15, -0.1) is 0 Å². The molecular weight excluding hydrogens is 284 g/mol. The van der Waals surface area contributed by atoms with Crippen LogP contribution in [0.4, 0.5) is 0 Å². The van der Waals surface area contributed by atoms with E-state index in [0.29, 0.717) is 6.61 Å². The van der Waals surface area contributed by atoms with Gasteiger partial charge in [0.05, 0.1) is 6.61 Å². The molecule has 0 unspecified atom stereocenters. The normalized spacial score (nSPS) is 14.0. The molecule has 0 atom stereocenters. The van der Waals surface area contributed by atoms with E-state index < -0.39 is 0 Å². The Labute approximate surface area is 138 Å². The molecular formula is C20H24N2O. The van der Waals surface area contributed by atoms with Gasteiger partial charge in [0.1, 0.15) is 11.6 Å². The number of ether oxygens (including phenoxy) is 1. The van der Waals surface area contributed by atoms with E-state index in [4.69, 9.17) is 4.74 Å². The third kappa shape index (κ3) is 4.13. The van der Waals surface area contributed by atoms with E-state index in [9.17, 15) is 0 Å². The maximum absolute atomic E-state index is 5.50. The Bertz CT molecular complexity index is 662. The van der Waals surface area contributed by atoms with Crippen molar-refractivity contribution in [3.63, 3.8) is 0 Å². The standard InChI is InChI=1S/C20H24N2O/c1-2-23-18-12-9-16(10-13-18)8-11-17-6-3-4-7-19(17)20-21-14-5-15-22-20/h3-4,6-7,9-10,12-13H,2,5,8,11,14-15H2,1H3,(H,21,22). The number of aliphatic imine (C=N–C) groups is 1. The Kier molecular flexibility index (Phi) is 5.30. The van der Waals surface area contributed by atoms with Crippen molar-refractivity contribution < 1.29 is 4.74 Å². The topological polar surface area (TPSA) is 33.6 Å². The molecule has 3 nitrogen and oxygen atoms in total. The SMILES string of the molecule is CCOc1ccc(CCc2ccccc2C2=NCCCN2)cc1. The van der Waals surface area contributed by atoms with Gasteiger partial charge in [-0.2, -0.15) is 0 Å². The van der Waals surface area contributed by atoms with E-state index in [1.165, 1.54) is 16.7 Å². The molecule has 3 heteroatoms. The first-order chi connectivity index (χ1) is 11.4. The zero-order valence-corrected chi connectivity index (χ0v) is 13.7. The summed E-state index contributed by atoms with van der Waals surface area (Å²) in [6.07, 6.45) is 3.17. The highest BCUT2D eigenvalue weighted by Gasteiger charge is 2.11. The van der Waals surface area contributed by atoms with Crippen molar-refractivity contribution in [2.24, 2.45) is 4.99 Å². The van der Waals surface area contributed by atoms with E-state index in [0.717, 1.165) is 43.9 Å². The lowest BCUT2D eigenvalue weighted by atomic mass is 9.98. The number of hydrogen-bond acceptors (Lipinski definition) is 3. The van der Waals surface area contributed by atoms with Crippen LogP contribution < -0.4 is 10.1 Å². The van der Waals surface area contributed by atoms with Crippen molar-refractivity contribution in [2.45, 2.75) is 26.2 Å². The minimum absolute atomic E-state index is 0.710. The molecule has 1 N–H and O–H groups in total. The molecule has 0 amide bonds. The molecule has 2 aromatic rings. The monoisotopic (exact) mass is 308 g/mol. The van der Waals surface area contributed by atoms with Crippen molar-refractivity contribution in [1.82, 2.24) is 5.32 Å². The van der Waals surface area contributed by atoms with Gasteiger partial charge in [0.25, 0.3) is 0 Å². The number of amidine groups is 1. The van der Waals surface area contributed by atoms with Crippen LogP contribution in [0.3, 0.4) is 0 Å². The first-order valence-corrected chi connectivity index (χ1v) is 8.45. The molecule has 120 valence electrons. The molecule has 3 rings (SSSR count). The van der Waals surface area contributed by atoms with Crippen molar-refractivity contribution in [1.29, 1.82) is 0 Å². The highest BCUT2D eigenvalue weighted by atomic mass is 16.5. The van der Waals surface area contributed by atoms with Crippen molar-refractivity contribution >= 4 is 5.84 Å². The van der Waals surface area contributed by atoms with Gasteiger partial charge in [0.15, 0.2) is 0 Å². The van der Waals surface area contributed by atoms with Gasteiger partial charge in [-0.25, -0.2) is 0 Å². The third-order valence-electron chi connectivity index (χ3n) is 4.09. The average molecular weight is 308 g/mol. The van der Waals surface area contributed by atoms with Crippen LogP contribution >= 0.6 is 0 Å². The van der Waals surface area contributed by atoms with Crippen molar-refractivity contribution in [2.75, 3.05) is 19.7 Å². The van der Waals surface area contributed by atoms with Crippen LogP contribution in [0.2, 0.25) is 0 Å². The second-order valence-corrected chi connectivity index (χ2v) is 5.74. The maximum Gasteiger partial charge on any atom is 0.128 e.